The molecule has 9 nitrogen and oxygen atoms in total. The minimum absolute atomic E-state index is 0.000366. The maximum atomic E-state index is 11.7. The Morgan fingerprint density at radius 3 is 2.51 bits per heavy atom. The topological polar surface area (TPSA) is 139 Å². The zero-order valence-corrected chi connectivity index (χ0v) is 21.7. The Kier molecular flexibility index (Phi) is 14.8. The molecule has 3 N–H and O–H groups in total. The Bertz CT molecular complexity index is 803. The van der Waals surface area contributed by atoms with E-state index in [9.17, 15) is 30.2 Å². The smallest absolute Gasteiger partial charge is 0.305 e. The summed E-state index contributed by atoms with van der Waals surface area (Å²) < 4.78 is 5.10. The van der Waals surface area contributed by atoms with Gasteiger partial charge in [0.05, 0.1) is 31.5 Å². The molecule has 0 aromatic heterocycles. The number of benzene rings is 1. The van der Waals surface area contributed by atoms with Gasteiger partial charge in [-0.15, -0.1) is 10.1 Å². The Labute approximate surface area is 219 Å². The van der Waals surface area contributed by atoms with E-state index in [0.717, 1.165) is 32.1 Å². The number of hydrogen-bond acceptors (Lipinski definition) is 8. The number of aliphatic hydroxyl groups excluding tert-OH is 3. The summed E-state index contributed by atoms with van der Waals surface area (Å²) in [5.74, 6) is -0.271. The first-order valence-electron chi connectivity index (χ1n) is 13.5. The predicted octanol–water partition coefficient (Wildman–Crippen LogP) is 4.16. The molecule has 1 aliphatic carbocycles. The highest BCUT2D eigenvalue weighted by molar-refractivity contribution is 5.69. The third-order valence-corrected chi connectivity index (χ3v) is 7.03. The highest BCUT2D eigenvalue weighted by Crippen LogP contribution is 2.38. The predicted molar refractivity (Wildman–Crippen MR) is 139 cm³/mol. The summed E-state index contributed by atoms with van der Waals surface area (Å²) in [6.07, 6.45) is 10.2. The van der Waals surface area contributed by atoms with E-state index in [0.29, 0.717) is 44.9 Å². The lowest BCUT2D eigenvalue weighted by Gasteiger charge is -2.23. The molecule has 0 heterocycles. The SMILES string of the molecule is O=C(CCC/C=C\C[C@@H]1[C@@H](CCC[C@@H](O)CCc2ccccc2)[C@H](O)C[C@@H]1O)OCCCCO[N+](=O)[O-]. The van der Waals surface area contributed by atoms with Gasteiger partial charge in [-0.05, 0) is 81.6 Å². The van der Waals surface area contributed by atoms with E-state index in [-0.39, 0.29) is 37.1 Å². The normalized spacial score (nSPS) is 22.2. The number of carbonyl (C=O) groups is 1. The van der Waals surface area contributed by atoms with Crippen LogP contribution < -0.4 is 0 Å². The highest BCUT2D eigenvalue weighted by Gasteiger charge is 2.40. The third kappa shape index (κ3) is 13.0. The van der Waals surface area contributed by atoms with Crippen LogP contribution in [-0.2, 0) is 20.8 Å². The molecule has 208 valence electrons. The molecule has 0 unspecified atom stereocenters. The number of carbonyl (C=O) groups excluding carboxylic acids is 1. The van der Waals surface area contributed by atoms with Crippen molar-refractivity contribution in [2.75, 3.05) is 13.2 Å². The van der Waals surface area contributed by atoms with Crippen LogP contribution in [0.3, 0.4) is 0 Å². The van der Waals surface area contributed by atoms with E-state index < -0.39 is 17.3 Å². The fourth-order valence-corrected chi connectivity index (χ4v) is 4.95. The molecule has 1 aliphatic rings. The van der Waals surface area contributed by atoms with E-state index in [1.807, 2.05) is 30.4 Å². The van der Waals surface area contributed by atoms with Gasteiger partial charge in [-0.1, -0.05) is 48.9 Å². The van der Waals surface area contributed by atoms with Crippen LogP contribution in [-0.4, -0.2) is 57.9 Å². The van der Waals surface area contributed by atoms with Crippen LogP contribution >= 0.6 is 0 Å². The lowest BCUT2D eigenvalue weighted by molar-refractivity contribution is -0.757. The van der Waals surface area contributed by atoms with Crippen molar-refractivity contribution < 1.29 is 34.8 Å². The van der Waals surface area contributed by atoms with E-state index in [1.165, 1.54) is 5.56 Å². The summed E-state index contributed by atoms with van der Waals surface area (Å²) >= 11 is 0. The summed E-state index contributed by atoms with van der Waals surface area (Å²) in [6, 6.07) is 10.1. The Hall–Kier alpha value is -2.49. The van der Waals surface area contributed by atoms with E-state index in [1.54, 1.807) is 0 Å². The van der Waals surface area contributed by atoms with Gasteiger partial charge in [0.25, 0.3) is 5.09 Å². The van der Waals surface area contributed by atoms with Crippen molar-refractivity contribution in [1.82, 2.24) is 0 Å². The van der Waals surface area contributed by atoms with Gasteiger partial charge < -0.3 is 24.9 Å². The van der Waals surface area contributed by atoms with Gasteiger partial charge >= 0.3 is 5.97 Å². The lowest BCUT2D eigenvalue weighted by Crippen LogP contribution is -2.22. The van der Waals surface area contributed by atoms with Gasteiger partial charge in [-0.3, -0.25) is 4.79 Å². The second kappa shape index (κ2) is 17.9. The first-order chi connectivity index (χ1) is 17.9. The van der Waals surface area contributed by atoms with Gasteiger partial charge in [0.2, 0.25) is 0 Å². The largest absolute Gasteiger partial charge is 0.466 e. The molecule has 1 saturated carbocycles. The van der Waals surface area contributed by atoms with Gasteiger partial charge in [0.15, 0.2) is 0 Å². The maximum Gasteiger partial charge on any atom is 0.305 e. The minimum atomic E-state index is -0.838. The van der Waals surface area contributed by atoms with Crippen LogP contribution in [0.15, 0.2) is 42.5 Å². The van der Waals surface area contributed by atoms with E-state index in [4.69, 9.17) is 4.74 Å². The fraction of sp³-hybridized carbons (Fsp3) is 0.679. The van der Waals surface area contributed by atoms with Crippen molar-refractivity contribution in [2.45, 2.75) is 95.4 Å². The summed E-state index contributed by atoms with van der Waals surface area (Å²) in [5, 5.41) is 40.4. The molecule has 0 spiro atoms. The molecule has 0 bridgehead atoms. The number of allylic oxidation sites excluding steroid dienone is 2. The molecule has 0 saturated heterocycles. The number of esters is 1. The molecule has 1 aromatic carbocycles. The van der Waals surface area contributed by atoms with Crippen LogP contribution in [0.2, 0.25) is 0 Å². The van der Waals surface area contributed by atoms with Crippen LogP contribution in [0.4, 0.5) is 0 Å². The lowest BCUT2D eigenvalue weighted by atomic mass is 9.86. The molecular formula is C28H43NO8. The third-order valence-electron chi connectivity index (χ3n) is 7.03. The highest BCUT2D eigenvalue weighted by atomic mass is 16.9. The monoisotopic (exact) mass is 521 g/mol. The Morgan fingerprint density at radius 2 is 1.76 bits per heavy atom. The standard InChI is InChI=1S/C28H43NO8/c30-23(18-17-22-11-4-3-5-12-22)13-10-15-25-24(26(31)21-27(25)32)14-6-1-2-7-16-28(33)36-19-8-9-20-37-29(34)35/h1,3-6,11-12,23-27,30-32H,2,7-10,13-21H2/b6-1-/t23-,24-,25-,26+,27-/m1/s1. The van der Waals surface area contributed by atoms with Crippen molar-refractivity contribution in [3.05, 3.63) is 58.2 Å². The second-order valence-corrected chi connectivity index (χ2v) is 9.89. The molecule has 0 radical (unpaired) electrons. The zero-order chi connectivity index (χ0) is 26.9. The number of unbranched alkanes of at least 4 members (excludes halogenated alkanes) is 2. The second-order valence-electron chi connectivity index (χ2n) is 9.89. The quantitative estimate of drug-likeness (QED) is 0.0811. The van der Waals surface area contributed by atoms with E-state index >= 15 is 0 Å². The van der Waals surface area contributed by atoms with Crippen LogP contribution in [0.25, 0.3) is 0 Å². The van der Waals surface area contributed by atoms with Crippen molar-refractivity contribution in [3.63, 3.8) is 0 Å². The molecule has 9 heteroatoms. The van der Waals surface area contributed by atoms with Crippen LogP contribution in [0.1, 0.15) is 76.2 Å². The summed E-state index contributed by atoms with van der Waals surface area (Å²) in [6.45, 7) is 0.225. The zero-order valence-electron chi connectivity index (χ0n) is 21.7. The van der Waals surface area contributed by atoms with Crippen molar-refractivity contribution >= 4 is 5.97 Å². The summed E-state index contributed by atoms with van der Waals surface area (Å²) in [5.41, 5.74) is 1.22. The molecule has 1 fully saturated rings. The maximum absolute atomic E-state index is 11.7. The van der Waals surface area contributed by atoms with Gasteiger partial charge in [0.1, 0.15) is 0 Å². The Morgan fingerprint density at radius 1 is 1.03 bits per heavy atom. The molecule has 2 rings (SSSR count). The van der Waals surface area contributed by atoms with E-state index in [2.05, 4.69) is 17.0 Å². The number of rotatable bonds is 19. The van der Waals surface area contributed by atoms with Gasteiger partial charge in [-0.25, -0.2) is 0 Å². The number of hydrogen-bond donors (Lipinski definition) is 3. The Balaban J connectivity index is 1.58. The van der Waals surface area contributed by atoms with Crippen molar-refractivity contribution in [2.24, 2.45) is 11.8 Å². The number of nitrogens with zero attached hydrogens (tertiary/aromatic N) is 1. The van der Waals surface area contributed by atoms with Crippen molar-refractivity contribution in [1.29, 1.82) is 0 Å². The molecule has 5 atom stereocenters. The molecular weight excluding hydrogens is 478 g/mol. The number of aryl methyl sites for hydroxylation is 1. The van der Waals surface area contributed by atoms with Crippen LogP contribution in [0, 0.1) is 22.0 Å². The molecule has 37 heavy (non-hydrogen) atoms. The average Bonchev–Trinajstić information content (AvgIpc) is 3.14. The van der Waals surface area contributed by atoms with Crippen molar-refractivity contribution in [3.8, 4) is 0 Å². The number of ether oxygens (including phenoxy) is 1. The van der Waals surface area contributed by atoms with Gasteiger partial charge in [0, 0.05) is 6.42 Å². The first kappa shape index (κ1) is 30.7. The summed E-state index contributed by atoms with van der Waals surface area (Å²) in [4.78, 5) is 26.0. The molecule has 0 amide bonds. The first-order valence-corrected chi connectivity index (χ1v) is 13.5. The number of aliphatic hydroxyl groups is 3. The fourth-order valence-electron chi connectivity index (χ4n) is 4.95. The molecule has 0 aliphatic heterocycles. The average molecular weight is 522 g/mol. The van der Waals surface area contributed by atoms with Gasteiger partial charge in [-0.2, -0.15) is 0 Å². The molecule has 1 aromatic rings. The minimum Gasteiger partial charge on any atom is -0.466 e. The summed E-state index contributed by atoms with van der Waals surface area (Å²) in [7, 11) is 0. The van der Waals surface area contributed by atoms with Crippen LogP contribution in [0.5, 0.6) is 0 Å².